The molecule has 6 heteroatoms. The van der Waals surface area contributed by atoms with E-state index in [0.29, 0.717) is 12.4 Å². The number of thiazole rings is 1. The second-order valence-corrected chi connectivity index (χ2v) is 6.00. The maximum Gasteiger partial charge on any atom is 0.231 e. The molecule has 2 rings (SSSR count). The Morgan fingerprint density at radius 1 is 1.38 bits per heavy atom. The van der Waals surface area contributed by atoms with Crippen molar-refractivity contribution in [1.29, 1.82) is 0 Å². The number of aromatic nitrogens is 1. The molecule has 0 aliphatic carbocycles. The van der Waals surface area contributed by atoms with Crippen LogP contribution in [-0.4, -0.2) is 31.3 Å². The second kappa shape index (κ2) is 6.78. The van der Waals surface area contributed by atoms with Crippen molar-refractivity contribution in [3.05, 3.63) is 34.7 Å². The van der Waals surface area contributed by atoms with Gasteiger partial charge in [-0.1, -0.05) is 29.5 Å². The Morgan fingerprint density at radius 3 is 2.71 bits per heavy atom. The molecule has 0 saturated carbocycles. The van der Waals surface area contributed by atoms with Gasteiger partial charge in [-0.2, -0.15) is 4.98 Å². The van der Waals surface area contributed by atoms with Gasteiger partial charge < -0.3 is 20.1 Å². The number of rotatable bonds is 6. The second-order valence-electron chi connectivity index (χ2n) is 4.94. The first-order chi connectivity index (χ1) is 10.0. The van der Waals surface area contributed by atoms with Gasteiger partial charge in [0.2, 0.25) is 5.88 Å². The van der Waals surface area contributed by atoms with E-state index in [1.165, 1.54) is 0 Å². The first-order valence-electron chi connectivity index (χ1n) is 6.74. The molecule has 21 heavy (non-hydrogen) atoms. The molecule has 0 radical (unpaired) electrons. The fourth-order valence-corrected chi connectivity index (χ4v) is 2.88. The van der Waals surface area contributed by atoms with Crippen molar-refractivity contribution in [3.63, 3.8) is 0 Å². The molecule has 0 spiro atoms. The van der Waals surface area contributed by atoms with E-state index in [9.17, 15) is 5.11 Å². The standard InChI is InChI=1S/C15H21N3O2S/c1-10(19)11-7-5-6-8-12(11)16-9-13-14(20-4)17-15(21-13)18(2)3/h5-8,10,16,19H,9H2,1-4H3. The number of methoxy groups -OCH3 is 1. The van der Waals surface area contributed by atoms with E-state index in [2.05, 4.69) is 10.3 Å². The van der Waals surface area contributed by atoms with Crippen LogP contribution in [0.25, 0.3) is 0 Å². The Bertz CT molecular complexity index is 596. The number of para-hydroxylation sites is 1. The van der Waals surface area contributed by atoms with Gasteiger partial charge in [0, 0.05) is 25.3 Å². The zero-order valence-electron chi connectivity index (χ0n) is 12.8. The van der Waals surface area contributed by atoms with E-state index in [1.807, 2.05) is 43.3 Å². The molecule has 0 bridgehead atoms. The van der Waals surface area contributed by atoms with Crippen LogP contribution in [0.5, 0.6) is 5.88 Å². The van der Waals surface area contributed by atoms with Crippen LogP contribution in [0.2, 0.25) is 0 Å². The Kier molecular flexibility index (Phi) is 5.03. The lowest BCUT2D eigenvalue weighted by atomic mass is 10.1. The average Bonchev–Trinajstić information content (AvgIpc) is 2.88. The zero-order chi connectivity index (χ0) is 15.4. The highest BCUT2D eigenvalue weighted by atomic mass is 32.1. The minimum absolute atomic E-state index is 0.505. The number of ether oxygens (including phenoxy) is 1. The van der Waals surface area contributed by atoms with Crippen molar-refractivity contribution >= 4 is 22.2 Å². The van der Waals surface area contributed by atoms with Crippen molar-refractivity contribution in [3.8, 4) is 5.88 Å². The molecule has 2 aromatic rings. The van der Waals surface area contributed by atoms with Crippen LogP contribution in [0.1, 0.15) is 23.5 Å². The normalized spacial score (nSPS) is 12.0. The molecule has 1 heterocycles. The lowest BCUT2D eigenvalue weighted by Crippen LogP contribution is -2.07. The smallest absolute Gasteiger partial charge is 0.231 e. The minimum Gasteiger partial charge on any atom is -0.480 e. The van der Waals surface area contributed by atoms with Crippen LogP contribution in [0.15, 0.2) is 24.3 Å². The van der Waals surface area contributed by atoms with Crippen LogP contribution in [0.4, 0.5) is 10.8 Å². The summed E-state index contributed by atoms with van der Waals surface area (Å²) in [6, 6.07) is 7.75. The topological polar surface area (TPSA) is 57.6 Å². The first-order valence-corrected chi connectivity index (χ1v) is 7.56. The number of aliphatic hydroxyl groups excluding tert-OH is 1. The third-order valence-corrected chi connectivity index (χ3v) is 4.28. The van der Waals surface area contributed by atoms with Crippen LogP contribution in [0, 0.1) is 0 Å². The first kappa shape index (κ1) is 15.6. The monoisotopic (exact) mass is 307 g/mol. The molecular formula is C15H21N3O2S. The Morgan fingerprint density at radius 2 is 2.10 bits per heavy atom. The molecule has 114 valence electrons. The van der Waals surface area contributed by atoms with Gasteiger partial charge in [-0.25, -0.2) is 0 Å². The number of nitrogens with zero attached hydrogens (tertiary/aromatic N) is 2. The number of nitrogens with one attached hydrogen (secondary N) is 1. The molecule has 5 nitrogen and oxygen atoms in total. The van der Waals surface area contributed by atoms with Crippen LogP contribution >= 0.6 is 11.3 Å². The Hall–Kier alpha value is -1.79. The highest BCUT2D eigenvalue weighted by Gasteiger charge is 2.14. The van der Waals surface area contributed by atoms with E-state index in [1.54, 1.807) is 25.4 Å². The zero-order valence-corrected chi connectivity index (χ0v) is 13.6. The van der Waals surface area contributed by atoms with Gasteiger partial charge in [0.25, 0.3) is 0 Å². The number of benzene rings is 1. The molecule has 0 saturated heterocycles. The summed E-state index contributed by atoms with van der Waals surface area (Å²) in [6.45, 7) is 2.37. The van der Waals surface area contributed by atoms with Crippen LogP contribution < -0.4 is 15.0 Å². The third kappa shape index (κ3) is 3.65. The maximum absolute atomic E-state index is 9.80. The number of aliphatic hydroxyl groups is 1. The summed E-state index contributed by atoms with van der Waals surface area (Å²) in [5.41, 5.74) is 1.81. The quantitative estimate of drug-likeness (QED) is 0.859. The minimum atomic E-state index is -0.505. The van der Waals surface area contributed by atoms with E-state index >= 15 is 0 Å². The van der Waals surface area contributed by atoms with Gasteiger partial charge in [-0.3, -0.25) is 0 Å². The lowest BCUT2D eigenvalue weighted by Gasteiger charge is -2.13. The molecule has 0 fully saturated rings. The summed E-state index contributed by atoms with van der Waals surface area (Å²) in [5, 5.41) is 14.1. The van der Waals surface area contributed by atoms with Gasteiger partial charge in [0.1, 0.15) is 0 Å². The fourth-order valence-electron chi connectivity index (χ4n) is 1.99. The van der Waals surface area contributed by atoms with E-state index in [0.717, 1.165) is 21.3 Å². The number of hydrogen-bond acceptors (Lipinski definition) is 6. The van der Waals surface area contributed by atoms with Crippen molar-refractivity contribution in [1.82, 2.24) is 4.98 Å². The van der Waals surface area contributed by atoms with Gasteiger partial charge in [-0.15, -0.1) is 0 Å². The predicted octanol–water partition coefficient (Wildman–Crippen LogP) is 2.88. The van der Waals surface area contributed by atoms with Crippen LogP contribution in [-0.2, 0) is 6.54 Å². The molecular weight excluding hydrogens is 286 g/mol. The highest BCUT2D eigenvalue weighted by Crippen LogP contribution is 2.31. The molecule has 1 aromatic carbocycles. The van der Waals surface area contributed by atoms with Crippen molar-refractivity contribution in [2.75, 3.05) is 31.4 Å². The fraction of sp³-hybridized carbons (Fsp3) is 0.400. The highest BCUT2D eigenvalue weighted by molar-refractivity contribution is 7.15. The number of anilines is 2. The predicted molar refractivity (Wildman–Crippen MR) is 87.4 cm³/mol. The molecule has 2 N–H and O–H groups in total. The van der Waals surface area contributed by atoms with E-state index < -0.39 is 6.10 Å². The summed E-state index contributed by atoms with van der Waals surface area (Å²) in [5.74, 6) is 0.644. The SMILES string of the molecule is COc1nc(N(C)C)sc1CNc1ccccc1C(C)O. The van der Waals surface area contributed by atoms with E-state index in [-0.39, 0.29) is 0 Å². The molecule has 0 amide bonds. The largest absolute Gasteiger partial charge is 0.480 e. The summed E-state index contributed by atoms with van der Waals surface area (Å²) >= 11 is 1.59. The molecule has 1 atom stereocenters. The van der Waals surface area contributed by atoms with Crippen molar-refractivity contribution < 1.29 is 9.84 Å². The Balaban J connectivity index is 2.17. The number of hydrogen-bond donors (Lipinski definition) is 2. The molecule has 0 aliphatic rings. The summed E-state index contributed by atoms with van der Waals surface area (Å²) in [7, 11) is 5.54. The third-order valence-electron chi connectivity index (χ3n) is 3.08. The van der Waals surface area contributed by atoms with E-state index in [4.69, 9.17) is 4.74 Å². The summed E-state index contributed by atoms with van der Waals surface area (Å²) < 4.78 is 5.33. The molecule has 1 aromatic heterocycles. The summed E-state index contributed by atoms with van der Waals surface area (Å²) in [4.78, 5) is 7.42. The summed E-state index contributed by atoms with van der Waals surface area (Å²) in [6.07, 6.45) is -0.505. The van der Waals surface area contributed by atoms with Gasteiger partial charge in [0.15, 0.2) is 5.13 Å². The average molecular weight is 307 g/mol. The van der Waals surface area contributed by atoms with Crippen molar-refractivity contribution in [2.45, 2.75) is 19.6 Å². The lowest BCUT2D eigenvalue weighted by molar-refractivity contribution is 0.200. The molecule has 0 aliphatic heterocycles. The van der Waals surface area contributed by atoms with Crippen LogP contribution in [0.3, 0.4) is 0 Å². The van der Waals surface area contributed by atoms with Gasteiger partial charge >= 0.3 is 0 Å². The maximum atomic E-state index is 9.80. The Labute approximate surface area is 129 Å². The molecule has 1 unspecified atom stereocenters. The van der Waals surface area contributed by atoms with Crippen molar-refractivity contribution in [2.24, 2.45) is 0 Å². The van der Waals surface area contributed by atoms with Gasteiger partial charge in [0.05, 0.1) is 24.6 Å². The van der Waals surface area contributed by atoms with Gasteiger partial charge in [-0.05, 0) is 13.0 Å².